The van der Waals surface area contributed by atoms with Crippen LogP contribution in [0.3, 0.4) is 0 Å². The Kier molecular flexibility index (Phi) is 3.83. The summed E-state index contributed by atoms with van der Waals surface area (Å²) < 4.78 is 4.01. The minimum Gasteiger partial charge on any atom is -0.333 e. The molecule has 1 unspecified atom stereocenters. The van der Waals surface area contributed by atoms with Gasteiger partial charge in [0.25, 0.3) is 0 Å². The number of hydrogen-bond acceptors (Lipinski definition) is 3. The van der Waals surface area contributed by atoms with Crippen molar-refractivity contribution >= 4 is 0 Å². The van der Waals surface area contributed by atoms with E-state index in [1.165, 1.54) is 5.69 Å². The Bertz CT molecular complexity index is 698. The molecule has 5 heteroatoms. The van der Waals surface area contributed by atoms with E-state index >= 15 is 0 Å². The first-order valence-corrected chi connectivity index (χ1v) is 7.03. The summed E-state index contributed by atoms with van der Waals surface area (Å²) in [6.45, 7) is 0.843. The van der Waals surface area contributed by atoms with Crippen LogP contribution in [0.5, 0.6) is 0 Å². The van der Waals surface area contributed by atoms with Gasteiger partial charge in [0.15, 0.2) is 0 Å². The number of nitrogens with two attached hydrogens (primary N) is 1. The lowest BCUT2D eigenvalue weighted by atomic mass is 10.1. The average Bonchev–Trinajstić information content (AvgIpc) is 3.14. The second-order valence-corrected chi connectivity index (χ2v) is 5.10. The number of benzene rings is 1. The van der Waals surface area contributed by atoms with Gasteiger partial charge >= 0.3 is 0 Å². The van der Waals surface area contributed by atoms with Crippen molar-refractivity contribution in [2.45, 2.75) is 19.0 Å². The average molecular weight is 281 g/mol. The number of hydrogen-bond donors (Lipinski definition) is 1. The molecule has 2 N–H and O–H groups in total. The maximum atomic E-state index is 6.36. The van der Waals surface area contributed by atoms with E-state index in [-0.39, 0.29) is 6.04 Å². The largest absolute Gasteiger partial charge is 0.333 e. The first-order chi connectivity index (χ1) is 10.3. The van der Waals surface area contributed by atoms with Crippen LogP contribution < -0.4 is 5.73 Å². The Morgan fingerprint density at radius 2 is 2.00 bits per heavy atom. The highest BCUT2D eigenvalue weighted by Crippen LogP contribution is 2.19. The van der Waals surface area contributed by atoms with E-state index in [9.17, 15) is 0 Å². The van der Waals surface area contributed by atoms with Crippen molar-refractivity contribution in [2.24, 2.45) is 12.8 Å². The molecule has 0 amide bonds. The van der Waals surface area contributed by atoms with Gasteiger partial charge in [-0.2, -0.15) is 5.10 Å². The molecule has 0 aliphatic rings. The summed E-state index contributed by atoms with van der Waals surface area (Å²) in [6, 6.07) is 12.0. The molecule has 0 aliphatic carbocycles. The van der Waals surface area contributed by atoms with Crippen LogP contribution >= 0.6 is 0 Å². The van der Waals surface area contributed by atoms with Crippen LogP contribution in [-0.4, -0.2) is 19.3 Å². The summed E-state index contributed by atoms with van der Waals surface area (Å²) in [4.78, 5) is 4.25. The maximum Gasteiger partial charge on any atom is 0.0948 e. The highest BCUT2D eigenvalue weighted by Gasteiger charge is 2.13. The van der Waals surface area contributed by atoms with Crippen LogP contribution in [0.2, 0.25) is 0 Å². The van der Waals surface area contributed by atoms with Crippen molar-refractivity contribution in [1.82, 2.24) is 19.3 Å². The zero-order chi connectivity index (χ0) is 14.7. The zero-order valence-electron chi connectivity index (χ0n) is 12.1. The van der Waals surface area contributed by atoms with Gasteiger partial charge in [-0.15, -0.1) is 0 Å². The number of nitrogens with zero attached hydrogens (tertiary/aromatic N) is 4. The Morgan fingerprint density at radius 1 is 1.19 bits per heavy atom. The fourth-order valence-electron chi connectivity index (χ4n) is 2.49. The Balaban J connectivity index is 1.76. The zero-order valence-corrected chi connectivity index (χ0v) is 12.1. The van der Waals surface area contributed by atoms with Crippen LogP contribution in [0.1, 0.15) is 23.0 Å². The van der Waals surface area contributed by atoms with Crippen molar-refractivity contribution < 1.29 is 0 Å². The highest BCUT2D eigenvalue weighted by molar-refractivity contribution is 5.26. The van der Waals surface area contributed by atoms with E-state index in [4.69, 9.17) is 5.73 Å². The number of rotatable bonds is 5. The molecule has 21 heavy (non-hydrogen) atoms. The quantitative estimate of drug-likeness (QED) is 0.777. The lowest BCUT2D eigenvalue weighted by Crippen LogP contribution is -2.17. The second-order valence-electron chi connectivity index (χ2n) is 5.10. The molecular weight excluding hydrogens is 262 g/mol. The minimum atomic E-state index is -0.153. The van der Waals surface area contributed by atoms with Crippen LogP contribution in [0.4, 0.5) is 0 Å². The topological polar surface area (TPSA) is 61.7 Å². The van der Waals surface area contributed by atoms with Crippen molar-refractivity contribution in [1.29, 1.82) is 0 Å². The first kappa shape index (κ1) is 13.6. The standard InChI is InChI=1S/C16H19N5/c1-20-14(7-9-19-20)8-10-21-12-18-11-15(21)16(17)13-5-3-2-4-6-13/h2-7,9,11-12,16H,8,10,17H2,1H3. The van der Waals surface area contributed by atoms with Crippen molar-refractivity contribution in [3.8, 4) is 0 Å². The first-order valence-electron chi connectivity index (χ1n) is 7.03. The van der Waals surface area contributed by atoms with Gasteiger partial charge in [0.05, 0.1) is 24.3 Å². The van der Waals surface area contributed by atoms with Gasteiger partial charge in [-0.05, 0) is 11.6 Å². The van der Waals surface area contributed by atoms with E-state index in [0.29, 0.717) is 0 Å². The summed E-state index contributed by atoms with van der Waals surface area (Å²) in [5, 5.41) is 4.19. The molecule has 1 atom stereocenters. The fourth-order valence-corrected chi connectivity index (χ4v) is 2.49. The summed E-state index contributed by atoms with van der Waals surface area (Å²) in [6.07, 6.45) is 6.41. The molecular formula is C16H19N5. The van der Waals surface area contributed by atoms with E-state index < -0.39 is 0 Å². The normalized spacial score (nSPS) is 12.5. The molecule has 3 rings (SSSR count). The molecule has 2 heterocycles. The Morgan fingerprint density at radius 3 is 2.71 bits per heavy atom. The van der Waals surface area contributed by atoms with Crippen LogP contribution in [0.15, 0.2) is 55.1 Å². The second kappa shape index (κ2) is 5.93. The molecule has 0 saturated heterocycles. The van der Waals surface area contributed by atoms with Gasteiger partial charge in [0.2, 0.25) is 0 Å². The molecule has 0 bridgehead atoms. The molecule has 108 valence electrons. The third-order valence-electron chi connectivity index (χ3n) is 3.75. The van der Waals surface area contributed by atoms with Gasteiger partial charge in [-0.1, -0.05) is 30.3 Å². The summed E-state index contributed by atoms with van der Waals surface area (Å²) in [7, 11) is 1.96. The molecule has 0 fully saturated rings. The molecule has 0 radical (unpaired) electrons. The molecule has 1 aromatic carbocycles. The van der Waals surface area contributed by atoms with Gasteiger partial charge in [-0.25, -0.2) is 4.98 Å². The molecule has 0 saturated carbocycles. The smallest absolute Gasteiger partial charge is 0.0948 e. The summed E-state index contributed by atoms with van der Waals surface area (Å²) >= 11 is 0. The molecule has 3 aromatic rings. The summed E-state index contributed by atoms with van der Waals surface area (Å²) in [5.74, 6) is 0. The van der Waals surface area contributed by atoms with Crippen LogP contribution in [0.25, 0.3) is 0 Å². The lowest BCUT2D eigenvalue weighted by Gasteiger charge is -2.15. The van der Waals surface area contributed by atoms with Crippen LogP contribution in [0, 0.1) is 0 Å². The third kappa shape index (κ3) is 2.87. The van der Waals surface area contributed by atoms with E-state index in [1.807, 2.05) is 66.8 Å². The van der Waals surface area contributed by atoms with Crippen molar-refractivity contribution in [3.05, 3.63) is 72.1 Å². The molecule has 5 nitrogen and oxygen atoms in total. The highest BCUT2D eigenvalue weighted by atomic mass is 15.3. The lowest BCUT2D eigenvalue weighted by molar-refractivity contribution is 0.605. The van der Waals surface area contributed by atoms with E-state index in [0.717, 1.165) is 24.2 Å². The number of imidazole rings is 1. The van der Waals surface area contributed by atoms with E-state index in [1.54, 1.807) is 0 Å². The molecule has 0 spiro atoms. The monoisotopic (exact) mass is 281 g/mol. The SMILES string of the molecule is Cn1nccc1CCn1cncc1C(N)c1ccccc1. The summed E-state index contributed by atoms with van der Waals surface area (Å²) in [5.41, 5.74) is 9.69. The predicted molar refractivity (Wildman–Crippen MR) is 81.6 cm³/mol. The fraction of sp³-hybridized carbons (Fsp3) is 0.250. The van der Waals surface area contributed by atoms with Gasteiger partial charge < -0.3 is 10.3 Å². The van der Waals surface area contributed by atoms with Gasteiger partial charge in [0, 0.05) is 31.9 Å². The minimum absolute atomic E-state index is 0.153. The van der Waals surface area contributed by atoms with E-state index in [2.05, 4.69) is 14.6 Å². The van der Waals surface area contributed by atoms with Gasteiger partial charge in [-0.3, -0.25) is 4.68 Å². The molecule has 0 aliphatic heterocycles. The maximum absolute atomic E-state index is 6.36. The molecule has 2 aromatic heterocycles. The number of aryl methyl sites for hydroxylation is 3. The Labute approximate surface area is 124 Å². The Hall–Kier alpha value is -2.40. The van der Waals surface area contributed by atoms with Crippen molar-refractivity contribution in [3.63, 3.8) is 0 Å². The van der Waals surface area contributed by atoms with Gasteiger partial charge in [0.1, 0.15) is 0 Å². The number of aromatic nitrogens is 4. The predicted octanol–water partition coefficient (Wildman–Crippen LogP) is 1.91. The van der Waals surface area contributed by atoms with Crippen LogP contribution in [-0.2, 0) is 20.0 Å². The third-order valence-corrected chi connectivity index (χ3v) is 3.75. The van der Waals surface area contributed by atoms with Crippen molar-refractivity contribution in [2.75, 3.05) is 0 Å².